The second-order valence-corrected chi connectivity index (χ2v) is 4.97. The number of amides is 3. The third kappa shape index (κ3) is 1.60. The fourth-order valence-electron chi connectivity index (χ4n) is 2.78. The van der Waals surface area contributed by atoms with Gasteiger partial charge in [-0.2, -0.15) is 0 Å². The van der Waals surface area contributed by atoms with Crippen molar-refractivity contribution in [1.82, 2.24) is 15.2 Å². The van der Waals surface area contributed by atoms with Crippen molar-refractivity contribution in [2.24, 2.45) is 0 Å². The minimum Gasteiger partial charge on any atom is -0.449 e. The number of hydrogen-bond acceptors (Lipinski definition) is 4. The molecule has 3 amide bonds. The lowest BCUT2D eigenvalue weighted by Crippen LogP contribution is -2.44. The fourth-order valence-corrected chi connectivity index (χ4v) is 2.78. The molecular weight excluding hydrogens is 234 g/mol. The highest BCUT2D eigenvalue weighted by Gasteiger charge is 2.52. The Kier molecular flexibility index (Phi) is 2.39. The molecule has 2 heterocycles. The number of carbonyl (C=O) groups is 2. The fraction of sp³-hybridized carbons (Fsp3) is 0.583. The van der Waals surface area contributed by atoms with Gasteiger partial charge in [-0.25, -0.2) is 9.78 Å². The molecule has 18 heavy (non-hydrogen) atoms. The van der Waals surface area contributed by atoms with E-state index in [-0.39, 0.29) is 18.5 Å². The zero-order valence-corrected chi connectivity index (χ0v) is 10.2. The van der Waals surface area contributed by atoms with Crippen LogP contribution in [0, 0.1) is 6.92 Å². The number of hydrogen-bond donors (Lipinski definition) is 1. The largest absolute Gasteiger partial charge is 0.449 e. The maximum absolute atomic E-state index is 12.3. The van der Waals surface area contributed by atoms with Crippen LogP contribution in [0.15, 0.2) is 10.7 Å². The minimum absolute atomic E-state index is 0.120. The first kappa shape index (κ1) is 11.3. The Balaban J connectivity index is 1.80. The number of aromatic nitrogens is 1. The van der Waals surface area contributed by atoms with Crippen LogP contribution in [-0.2, 0) is 11.3 Å². The molecule has 0 unspecified atom stereocenters. The molecule has 3 rings (SSSR count). The molecule has 6 heteroatoms. The number of urea groups is 1. The van der Waals surface area contributed by atoms with Gasteiger partial charge in [0.1, 0.15) is 11.8 Å². The maximum Gasteiger partial charge on any atom is 0.325 e. The molecular formula is C12H15N3O3. The molecule has 2 aliphatic rings. The molecule has 1 saturated heterocycles. The van der Waals surface area contributed by atoms with Crippen LogP contribution in [0.1, 0.15) is 37.3 Å². The van der Waals surface area contributed by atoms with E-state index in [0.29, 0.717) is 11.6 Å². The van der Waals surface area contributed by atoms with Gasteiger partial charge in [0.15, 0.2) is 5.89 Å². The topological polar surface area (TPSA) is 75.4 Å². The van der Waals surface area contributed by atoms with Crippen LogP contribution in [0.25, 0.3) is 0 Å². The van der Waals surface area contributed by atoms with E-state index in [1.54, 1.807) is 6.92 Å². The second kappa shape index (κ2) is 3.83. The van der Waals surface area contributed by atoms with E-state index in [9.17, 15) is 9.59 Å². The monoisotopic (exact) mass is 249 g/mol. The van der Waals surface area contributed by atoms with Gasteiger partial charge in [0.05, 0.1) is 12.2 Å². The Bertz CT molecular complexity index is 502. The lowest BCUT2D eigenvalue weighted by molar-refractivity contribution is -0.131. The zero-order chi connectivity index (χ0) is 12.8. The predicted octanol–water partition coefficient (Wildman–Crippen LogP) is 1.35. The standard InChI is InChI=1S/C12H15N3O3/c1-8-13-9(7-18-8)6-15-10(16)12(14-11(15)17)4-2-3-5-12/h7H,2-6H2,1H3,(H,14,17). The molecule has 0 bridgehead atoms. The van der Waals surface area contributed by atoms with Gasteiger partial charge >= 0.3 is 6.03 Å². The predicted molar refractivity (Wildman–Crippen MR) is 61.5 cm³/mol. The van der Waals surface area contributed by atoms with E-state index in [0.717, 1.165) is 25.7 Å². The first-order chi connectivity index (χ1) is 8.61. The van der Waals surface area contributed by atoms with Crippen molar-refractivity contribution >= 4 is 11.9 Å². The Morgan fingerprint density at radius 3 is 2.78 bits per heavy atom. The average Bonchev–Trinajstić information content (AvgIpc) is 2.99. The SMILES string of the molecule is Cc1nc(CN2C(=O)NC3(CCCC3)C2=O)co1. The summed E-state index contributed by atoms with van der Waals surface area (Å²) >= 11 is 0. The van der Waals surface area contributed by atoms with Gasteiger partial charge in [-0.1, -0.05) is 12.8 Å². The van der Waals surface area contributed by atoms with E-state index in [4.69, 9.17) is 4.42 Å². The van der Waals surface area contributed by atoms with Gasteiger partial charge in [0.2, 0.25) is 0 Å². The van der Waals surface area contributed by atoms with Crippen molar-refractivity contribution in [1.29, 1.82) is 0 Å². The normalized spacial score (nSPS) is 21.9. The van der Waals surface area contributed by atoms with Crippen LogP contribution in [0.3, 0.4) is 0 Å². The smallest absolute Gasteiger partial charge is 0.325 e. The lowest BCUT2D eigenvalue weighted by atomic mass is 9.98. The second-order valence-electron chi connectivity index (χ2n) is 4.97. The summed E-state index contributed by atoms with van der Waals surface area (Å²) in [6.07, 6.45) is 4.94. The van der Waals surface area contributed by atoms with Crippen molar-refractivity contribution in [2.75, 3.05) is 0 Å². The van der Waals surface area contributed by atoms with Gasteiger partial charge in [0, 0.05) is 6.92 Å². The van der Waals surface area contributed by atoms with E-state index in [1.165, 1.54) is 11.2 Å². The van der Waals surface area contributed by atoms with Gasteiger partial charge in [-0.3, -0.25) is 9.69 Å². The number of rotatable bonds is 2. The van der Waals surface area contributed by atoms with E-state index in [2.05, 4.69) is 10.3 Å². The molecule has 96 valence electrons. The van der Waals surface area contributed by atoms with Gasteiger partial charge < -0.3 is 9.73 Å². The molecule has 1 spiro atoms. The van der Waals surface area contributed by atoms with E-state index >= 15 is 0 Å². The molecule has 0 atom stereocenters. The molecule has 1 saturated carbocycles. The van der Waals surface area contributed by atoms with Crippen molar-refractivity contribution in [2.45, 2.75) is 44.7 Å². The summed E-state index contributed by atoms with van der Waals surface area (Å²) in [5.41, 5.74) is -0.0402. The summed E-state index contributed by atoms with van der Waals surface area (Å²) in [5, 5.41) is 2.84. The molecule has 2 fully saturated rings. The van der Waals surface area contributed by atoms with Crippen LogP contribution in [0.5, 0.6) is 0 Å². The summed E-state index contributed by atoms with van der Waals surface area (Å²) in [6, 6.07) is -0.317. The van der Waals surface area contributed by atoms with Crippen LogP contribution in [0.4, 0.5) is 4.79 Å². The average molecular weight is 249 g/mol. The molecule has 1 aliphatic carbocycles. The summed E-state index contributed by atoms with van der Waals surface area (Å²) in [7, 11) is 0. The minimum atomic E-state index is -0.643. The van der Waals surface area contributed by atoms with Crippen molar-refractivity contribution in [3.8, 4) is 0 Å². The highest BCUT2D eigenvalue weighted by Crippen LogP contribution is 2.35. The third-order valence-corrected chi connectivity index (χ3v) is 3.69. The summed E-state index contributed by atoms with van der Waals surface area (Å²) in [4.78, 5) is 29.6. The number of imide groups is 1. The first-order valence-electron chi connectivity index (χ1n) is 6.16. The number of nitrogens with zero attached hydrogens (tertiary/aromatic N) is 2. The maximum atomic E-state index is 12.3. The van der Waals surface area contributed by atoms with Crippen LogP contribution >= 0.6 is 0 Å². The molecule has 0 aromatic carbocycles. The Morgan fingerprint density at radius 2 is 2.17 bits per heavy atom. The van der Waals surface area contributed by atoms with Crippen LogP contribution in [0.2, 0.25) is 0 Å². The third-order valence-electron chi connectivity index (χ3n) is 3.69. The highest BCUT2D eigenvalue weighted by molar-refractivity contribution is 6.07. The molecule has 1 aliphatic heterocycles. The zero-order valence-electron chi connectivity index (χ0n) is 10.2. The van der Waals surface area contributed by atoms with Crippen molar-refractivity contribution in [3.63, 3.8) is 0 Å². The first-order valence-corrected chi connectivity index (χ1v) is 6.16. The summed E-state index contributed by atoms with van der Waals surface area (Å²) < 4.78 is 5.08. The van der Waals surface area contributed by atoms with Gasteiger partial charge in [-0.05, 0) is 12.8 Å². The summed E-state index contributed by atoms with van der Waals surface area (Å²) in [5.74, 6) is 0.415. The molecule has 6 nitrogen and oxygen atoms in total. The van der Waals surface area contributed by atoms with Crippen LogP contribution < -0.4 is 5.32 Å². The Hall–Kier alpha value is -1.85. The lowest BCUT2D eigenvalue weighted by Gasteiger charge is -2.19. The molecule has 1 aromatic heterocycles. The molecule has 1 N–H and O–H groups in total. The molecule has 1 aromatic rings. The highest BCUT2D eigenvalue weighted by atomic mass is 16.3. The number of oxazole rings is 1. The van der Waals surface area contributed by atoms with E-state index < -0.39 is 5.54 Å². The number of nitrogens with one attached hydrogen (secondary N) is 1. The van der Waals surface area contributed by atoms with E-state index in [1.807, 2.05) is 0 Å². The van der Waals surface area contributed by atoms with Gasteiger partial charge in [-0.15, -0.1) is 0 Å². The van der Waals surface area contributed by atoms with Crippen molar-refractivity contribution in [3.05, 3.63) is 17.8 Å². The molecule has 0 radical (unpaired) electrons. The number of carbonyl (C=O) groups excluding carboxylic acids is 2. The Labute approximate surface area is 104 Å². The van der Waals surface area contributed by atoms with Crippen LogP contribution in [-0.4, -0.2) is 27.4 Å². The Morgan fingerprint density at radius 1 is 1.44 bits per heavy atom. The van der Waals surface area contributed by atoms with Crippen molar-refractivity contribution < 1.29 is 14.0 Å². The van der Waals surface area contributed by atoms with Gasteiger partial charge in [0.25, 0.3) is 5.91 Å². The number of aryl methyl sites for hydroxylation is 1. The quantitative estimate of drug-likeness (QED) is 0.803. The summed E-state index contributed by atoms with van der Waals surface area (Å²) in [6.45, 7) is 1.91.